The highest BCUT2D eigenvalue weighted by Crippen LogP contribution is 2.32. The monoisotopic (exact) mass is 425 g/mol. The summed E-state index contributed by atoms with van der Waals surface area (Å²) in [5, 5.41) is 11.9. The number of hydrogen-bond acceptors (Lipinski definition) is 8. The van der Waals surface area contributed by atoms with Crippen LogP contribution in [0.2, 0.25) is 0 Å². The molecule has 10 heteroatoms. The van der Waals surface area contributed by atoms with Crippen molar-refractivity contribution in [2.24, 2.45) is 10.3 Å². The number of fused-ring (bicyclic) bond motifs is 1. The number of carbonyl (C=O) groups is 3. The Hall–Kier alpha value is -3.40. The molecule has 0 saturated carbocycles. The van der Waals surface area contributed by atoms with E-state index in [1.165, 1.54) is 12.1 Å². The van der Waals surface area contributed by atoms with Gasteiger partial charge in [0.1, 0.15) is 12.3 Å². The van der Waals surface area contributed by atoms with E-state index in [0.717, 1.165) is 9.80 Å². The van der Waals surface area contributed by atoms with Gasteiger partial charge in [-0.1, -0.05) is 11.3 Å². The minimum atomic E-state index is -0.952. The highest BCUT2D eigenvalue weighted by Gasteiger charge is 2.55. The molecule has 2 atom stereocenters. The molecule has 2 aliphatic heterocycles. The molecule has 154 valence electrons. The highest BCUT2D eigenvalue weighted by atomic mass is 32.2. The molecule has 2 heterocycles. The van der Waals surface area contributed by atoms with Crippen LogP contribution in [0.15, 0.2) is 63.8 Å². The molecule has 2 aromatic rings. The molecule has 1 fully saturated rings. The molecule has 1 saturated heterocycles. The fourth-order valence-electron chi connectivity index (χ4n) is 3.39. The fraction of sp³-hybridized carbons (Fsp3) is 0.250. The maximum Gasteiger partial charge on any atom is 0.263 e. The van der Waals surface area contributed by atoms with Crippen LogP contribution < -0.4 is 15.0 Å². The number of nitrogens with zero attached hydrogens (tertiary/aromatic N) is 4. The summed E-state index contributed by atoms with van der Waals surface area (Å²) in [7, 11) is 1.53. The van der Waals surface area contributed by atoms with Crippen LogP contribution >= 0.6 is 11.8 Å². The van der Waals surface area contributed by atoms with Gasteiger partial charge in [-0.2, -0.15) is 5.11 Å². The quantitative estimate of drug-likeness (QED) is 0.563. The highest BCUT2D eigenvalue weighted by molar-refractivity contribution is 7.98. The first-order chi connectivity index (χ1) is 14.5. The van der Waals surface area contributed by atoms with Gasteiger partial charge in [-0.05, 0) is 48.7 Å². The van der Waals surface area contributed by atoms with Crippen LogP contribution in [-0.4, -0.2) is 54.7 Å². The Labute approximate surface area is 177 Å². The number of hydrogen-bond donors (Lipinski definition) is 1. The summed E-state index contributed by atoms with van der Waals surface area (Å²) < 4.78 is 5.11. The first-order valence-electron chi connectivity index (χ1n) is 9.15. The number of amides is 3. The number of benzene rings is 2. The Morgan fingerprint density at radius 2 is 1.93 bits per heavy atom. The van der Waals surface area contributed by atoms with Crippen LogP contribution in [0.25, 0.3) is 0 Å². The van der Waals surface area contributed by atoms with Gasteiger partial charge in [0.05, 0.1) is 12.8 Å². The first kappa shape index (κ1) is 19.9. The zero-order valence-electron chi connectivity index (χ0n) is 16.3. The predicted molar refractivity (Wildman–Crippen MR) is 111 cm³/mol. The van der Waals surface area contributed by atoms with Crippen LogP contribution in [0.5, 0.6) is 5.75 Å². The molecular weight excluding hydrogens is 406 g/mol. The molecule has 0 bridgehead atoms. The van der Waals surface area contributed by atoms with E-state index in [4.69, 9.17) is 4.74 Å². The Kier molecular flexibility index (Phi) is 5.40. The van der Waals surface area contributed by atoms with Gasteiger partial charge in [0, 0.05) is 10.6 Å². The lowest BCUT2D eigenvalue weighted by Gasteiger charge is -2.20. The second kappa shape index (κ2) is 8.15. The number of thioether (sulfide) groups is 1. The zero-order valence-corrected chi connectivity index (χ0v) is 17.1. The summed E-state index contributed by atoms with van der Waals surface area (Å²) in [6, 6.07) is 12.1. The van der Waals surface area contributed by atoms with Gasteiger partial charge in [-0.25, -0.2) is 4.90 Å². The molecule has 0 aliphatic carbocycles. The van der Waals surface area contributed by atoms with Crippen molar-refractivity contribution in [3.05, 3.63) is 48.5 Å². The van der Waals surface area contributed by atoms with Gasteiger partial charge in [0.2, 0.25) is 5.91 Å². The molecule has 0 aromatic heterocycles. The third-order valence-corrected chi connectivity index (χ3v) is 5.57. The largest absolute Gasteiger partial charge is 0.497 e. The molecule has 0 radical (unpaired) electrons. The van der Waals surface area contributed by atoms with Gasteiger partial charge in [0.15, 0.2) is 12.1 Å². The SMILES string of the molecule is COc1ccc(N2C(=O)C3N=NN(CC(=O)Nc4cccc(SC)c4)C3C2=O)cc1. The topological polar surface area (TPSA) is 104 Å². The molecule has 30 heavy (non-hydrogen) atoms. The third-order valence-electron chi connectivity index (χ3n) is 4.85. The van der Waals surface area contributed by atoms with Crippen molar-refractivity contribution in [2.75, 3.05) is 30.1 Å². The maximum atomic E-state index is 13.0. The van der Waals surface area contributed by atoms with Crippen molar-refractivity contribution in [3.8, 4) is 5.75 Å². The van der Waals surface area contributed by atoms with Crippen LogP contribution in [0.3, 0.4) is 0 Å². The van der Waals surface area contributed by atoms with Crippen LogP contribution in [0.4, 0.5) is 11.4 Å². The molecular formula is C20H19N5O4S. The van der Waals surface area contributed by atoms with Crippen molar-refractivity contribution >= 4 is 40.9 Å². The van der Waals surface area contributed by atoms with E-state index >= 15 is 0 Å². The second-order valence-corrected chi connectivity index (χ2v) is 7.56. The Balaban J connectivity index is 1.46. The zero-order chi connectivity index (χ0) is 21.3. The average Bonchev–Trinajstić information content (AvgIpc) is 3.27. The van der Waals surface area contributed by atoms with E-state index in [9.17, 15) is 14.4 Å². The van der Waals surface area contributed by atoms with Gasteiger partial charge in [-0.15, -0.1) is 11.8 Å². The molecule has 1 N–H and O–H groups in total. The van der Waals surface area contributed by atoms with Crippen molar-refractivity contribution in [3.63, 3.8) is 0 Å². The van der Waals surface area contributed by atoms with Crippen molar-refractivity contribution < 1.29 is 19.1 Å². The van der Waals surface area contributed by atoms with E-state index in [1.54, 1.807) is 42.1 Å². The van der Waals surface area contributed by atoms with Crippen molar-refractivity contribution in [1.82, 2.24) is 5.01 Å². The Morgan fingerprint density at radius 1 is 1.17 bits per heavy atom. The number of imide groups is 1. The summed E-state index contributed by atoms with van der Waals surface area (Å²) in [6.07, 6.45) is 1.95. The van der Waals surface area contributed by atoms with Crippen LogP contribution in [0.1, 0.15) is 0 Å². The van der Waals surface area contributed by atoms with Crippen molar-refractivity contribution in [2.45, 2.75) is 17.0 Å². The van der Waals surface area contributed by atoms with Gasteiger partial charge < -0.3 is 10.1 Å². The molecule has 0 spiro atoms. The summed E-state index contributed by atoms with van der Waals surface area (Å²) in [6.45, 7) is -0.191. The van der Waals surface area contributed by atoms with E-state index in [0.29, 0.717) is 17.1 Å². The number of methoxy groups -OCH3 is 1. The normalized spacial score (nSPS) is 19.9. The Morgan fingerprint density at radius 3 is 2.63 bits per heavy atom. The maximum absolute atomic E-state index is 13.0. The standard InChI is InChI=1S/C20H19N5O4S/c1-29-14-8-6-13(7-9-14)25-19(27)17-18(20(25)28)24(23-22-17)11-16(26)21-12-4-3-5-15(10-12)30-2/h3-10,17-18H,11H2,1-2H3,(H,21,26). The number of ether oxygens (including phenoxy) is 1. The van der Waals surface area contributed by atoms with E-state index in [1.807, 2.05) is 24.5 Å². The number of nitrogens with one attached hydrogen (secondary N) is 1. The molecule has 4 rings (SSSR count). The minimum Gasteiger partial charge on any atom is -0.497 e. The lowest BCUT2D eigenvalue weighted by atomic mass is 10.1. The lowest BCUT2D eigenvalue weighted by Crippen LogP contribution is -2.43. The van der Waals surface area contributed by atoms with Gasteiger partial charge >= 0.3 is 0 Å². The smallest absolute Gasteiger partial charge is 0.263 e. The molecule has 2 aliphatic rings. The van der Waals surface area contributed by atoms with Gasteiger partial charge in [-0.3, -0.25) is 19.4 Å². The third kappa shape index (κ3) is 3.61. The molecule has 3 amide bonds. The number of anilines is 2. The van der Waals surface area contributed by atoms with E-state index < -0.39 is 23.9 Å². The summed E-state index contributed by atoms with van der Waals surface area (Å²) in [5.41, 5.74) is 1.07. The second-order valence-electron chi connectivity index (χ2n) is 6.68. The summed E-state index contributed by atoms with van der Waals surface area (Å²) >= 11 is 1.57. The Bertz CT molecular complexity index is 1030. The summed E-state index contributed by atoms with van der Waals surface area (Å²) in [5.74, 6) is -0.663. The number of rotatable bonds is 6. The van der Waals surface area contributed by atoms with E-state index in [2.05, 4.69) is 15.7 Å². The van der Waals surface area contributed by atoms with Crippen molar-refractivity contribution in [1.29, 1.82) is 0 Å². The molecule has 2 unspecified atom stereocenters. The summed E-state index contributed by atoms with van der Waals surface area (Å²) in [4.78, 5) is 40.3. The average molecular weight is 425 g/mol. The first-order valence-corrected chi connectivity index (χ1v) is 10.4. The molecule has 9 nitrogen and oxygen atoms in total. The van der Waals surface area contributed by atoms with E-state index in [-0.39, 0.29) is 12.5 Å². The number of carbonyl (C=O) groups excluding carboxylic acids is 3. The minimum absolute atomic E-state index is 0.191. The predicted octanol–water partition coefficient (Wildman–Crippen LogP) is 2.35. The van der Waals surface area contributed by atoms with Gasteiger partial charge in [0.25, 0.3) is 11.8 Å². The fourth-order valence-corrected chi connectivity index (χ4v) is 3.85. The van der Waals surface area contributed by atoms with Crippen LogP contribution in [-0.2, 0) is 14.4 Å². The van der Waals surface area contributed by atoms with Crippen LogP contribution in [0, 0.1) is 0 Å². The lowest BCUT2D eigenvalue weighted by molar-refractivity contribution is -0.123. The molecule has 2 aromatic carbocycles.